The molecule has 2 aromatic rings. The Hall–Kier alpha value is -3.87. The lowest BCUT2D eigenvalue weighted by molar-refractivity contribution is -0.117. The van der Waals surface area contributed by atoms with Crippen LogP contribution in [0.25, 0.3) is 6.08 Å². The summed E-state index contributed by atoms with van der Waals surface area (Å²) in [5.41, 5.74) is 5.02. The van der Waals surface area contributed by atoms with Crippen molar-refractivity contribution in [3.05, 3.63) is 77.0 Å². The van der Waals surface area contributed by atoms with Gasteiger partial charge in [-0.15, -0.1) is 0 Å². The number of allylic oxidation sites excluding steroid dienone is 2. The summed E-state index contributed by atoms with van der Waals surface area (Å²) in [6.07, 6.45) is 7.44. The second kappa shape index (κ2) is 11.8. The van der Waals surface area contributed by atoms with Gasteiger partial charge in [0.05, 0.1) is 14.2 Å². The molecule has 7 heteroatoms. The monoisotopic (exact) mass is 461 g/mol. The van der Waals surface area contributed by atoms with E-state index in [1.807, 2.05) is 6.07 Å². The molecule has 0 spiro atoms. The first-order valence-corrected chi connectivity index (χ1v) is 11.2. The van der Waals surface area contributed by atoms with Gasteiger partial charge in [-0.1, -0.05) is 36.8 Å². The largest absolute Gasteiger partial charge is 0.497 e. The molecule has 0 saturated carbocycles. The molecule has 0 aliphatic heterocycles. The van der Waals surface area contributed by atoms with Crippen LogP contribution in [0, 0.1) is 11.8 Å². The second-order valence-corrected chi connectivity index (χ2v) is 8.34. The normalized spacial score (nSPS) is 18.2. The molecular formula is C27H31N3O4. The first kappa shape index (κ1) is 24.8. The van der Waals surface area contributed by atoms with Crippen LogP contribution in [-0.2, 0) is 4.79 Å². The van der Waals surface area contributed by atoms with Crippen LogP contribution in [0.15, 0.2) is 71.0 Å². The molecular weight excluding hydrogens is 430 g/mol. The SMILES string of the molecule is COc1ccc(C=C(NC(=O)c2ccccc2)C(=O)NN=CC2CC=C(C)CC2C)c(OC)c1. The Morgan fingerprint density at radius 1 is 1.09 bits per heavy atom. The highest BCUT2D eigenvalue weighted by Crippen LogP contribution is 2.28. The van der Waals surface area contributed by atoms with Gasteiger partial charge in [0, 0.05) is 29.3 Å². The molecule has 1 aliphatic rings. The van der Waals surface area contributed by atoms with Crippen molar-refractivity contribution in [3.63, 3.8) is 0 Å². The molecule has 7 nitrogen and oxygen atoms in total. The fourth-order valence-electron chi connectivity index (χ4n) is 3.81. The molecule has 34 heavy (non-hydrogen) atoms. The van der Waals surface area contributed by atoms with Crippen molar-refractivity contribution in [1.29, 1.82) is 0 Å². The molecule has 0 fully saturated rings. The molecule has 2 atom stereocenters. The molecule has 178 valence electrons. The summed E-state index contributed by atoms with van der Waals surface area (Å²) in [5.74, 6) is 0.872. The number of nitrogens with zero attached hydrogens (tertiary/aromatic N) is 1. The zero-order valence-electron chi connectivity index (χ0n) is 20.0. The zero-order valence-corrected chi connectivity index (χ0v) is 20.0. The van der Waals surface area contributed by atoms with E-state index in [0.717, 1.165) is 12.8 Å². The Kier molecular flexibility index (Phi) is 8.62. The lowest BCUT2D eigenvalue weighted by atomic mass is 9.82. The Labute approximate surface area is 200 Å². The van der Waals surface area contributed by atoms with Crippen molar-refractivity contribution < 1.29 is 19.1 Å². The number of benzene rings is 2. The minimum absolute atomic E-state index is 0.0434. The fourth-order valence-corrected chi connectivity index (χ4v) is 3.81. The number of hydrogen-bond acceptors (Lipinski definition) is 5. The van der Waals surface area contributed by atoms with Gasteiger partial charge in [-0.2, -0.15) is 5.10 Å². The van der Waals surface area contributed by atoms with E-state index in [-0.39, 0.29) is 11.6 Å². The van der Waals surface area contributed by atoms with E-state index in [2.05, 4.69) is 35.8 Å². The number of carbonyl (C=O) groups excluding carboxylic acids is 2. The summed E-state index contributed by atoms with van der Waals surface area (Å²) in [6, 6.07) is 13.9. The molecule has 2 aromatic carbocycles. The van der Waals surface area contributed by atoms with Gasteiger partial charge in [0.1, 0.15) is 17.2 Å². The van der Waals surface area contributed by atoms with Crippen LogP contribution in [0.1, 0.15) is 42.6 Å². The number of carbonyl (C=O) groups is 2. The minimum Gasteiger partial charge on any atom is -0.497 e. The molecule has 1 aliphatic carbocycles. The predicted octanol–water partition coefficient (Wildman–Crippen LogP) is 4.57. The van der Waals surface area contributed by atoms with E-state index in [1.54, 1.807) is 61.9 Å². The van der Waals surface area contributed by atoms with Crippen molar-refractivity contribution in [2.45, 2.75) is 26.7 Å². The van der Waals surface area contributed by atoms with Gasteiger partial charge >= 0.3 is 0 Å². The van der Waals surface area contributed by atoms with Crippen LogP contribution >= 0.6 is 0 Å². The van der Waals surface area contributed by atoms with E-state index < -0.39 is 11.8 Å². The number of ether oxygens (including phenoxy) is 2. The third-order valence-electron chi connectivity index (χ3n) is 5.81. The molecule has 3 rings (SSSR count). The lowest BCUT2D eigenvalue weighted by Crippen LogP contribution is -2.33. The predicted molar refractivity (Wildman–Crippen MR) is 134 cm³/mol. The van der Waals surface area contributed by atoms with E-state index in [9.17, 15) is 9.59 Å². The molecule has 0 bridgehead atoms. The maximum absolute atomic E-state index is 13.0. The Balaban J connectivity index is 1.84. The quantitative estimate of drug-likeness (QED) is 0.261. The van der Waals surface area contributed by atoms with Crippen molar-refractivity contribution in [2.75, 3.05) is 14.2 Å². The Morgan fingerprint density at radius 3 is 2.53 bits per heavy atom. The molecule has 0 saturated heterocycles. The van der Waals surface area contributed by atoms with Crippen LogP contribution in [0.3, 0.4) is 0 Å². The minimum atomic E-state index is -0.534. The van der Waals surface area contributed by atoms with Gasteiger partial charge in [-0.3, -0.25) is 9.59 Å². The number of hydrazone groups is 1. The molecule has 2 unspecified atom stereocenters. The highest BCUT2D eigenvalue weighted by atomic mass is 16.5. The van der Waals surface area contributed by atoms with Gasteiger partial charge in [0.25, 0.3) is 11.8 Å². The highest BCUT2D eigenvalue weighted by molar-refractivity contribution is 6.05. The summed E-state index contributed by atoms with van der Waals surface area (Å²) in [5, 5.41) is 6.89. The summed E-state index contributed by atoms with van der Waals surface area (Å²) in [7, 11) is 3.09. The van der Waals surface area contributed by atoms with Gasteiger partial charge in [-0.05, 0) is 56.0 Å². The van der Waals surface area contributed by atoms with Crippen molar-refractivity contribution >= 4 is 24.1 Å². The van der Waals surface area contributed by atoms with Crippen molar-refractivity contribution in [2.24, 2.45) is 16.9 Å². The van der Waals surface area contributed by atoms with E-state index in [1.165, 1.54) is 12.7 Å². The molecule has 2 N–H and O–H groups in total. The van der Waals surface area contributed by atoms with Gasteiger partial charge in [-0.25, -0.2) is 5.43 Å². The van der Waals surface area contributed by atoms with E-state index in [0.29, 0.717) is 28.5 Å². The van der Waals surface area contributed by atoms with E-state index >= 15 is 0 Å². The highest BCUT2D eigenvalue weighted by Gasteiger charge is 2.20. The van der Waals surface area contributed by atoms with Gasteiger partial charge < -0.3 is 14.8 Å². The molecule has 0 heterocycles. The molecule has 0 radical (unpaired) electrons. The van der Waals surface area contributed by atoms with Crippen LogP contribution in [-0.4, -0.2) is 32.2 Å². The van der Waals surface area contributed by atoms with Crippen molar-refractivity contribution in [3.8, 4) is 11.5 Å². The number of amides is 2. The van der Waals surface area contributed by atoms with Gasteiger partial charge in [0.15, 0.2) is 0 Å². The topological polar surface area (TPSA) is 89.0 Å². The maximum Gasteiger partial charge on any atom is 0.287 e. The smallest absolute Gasteiger partial charge is 0.287 e. The van der Waals surface area contributed by atoms with Crippen LogP contribution < -0.4 is 20.2 Å². The van der Waals surface area contributed by atoms with E-state index in [4.69, 9.17) is 9.47 Å². The van der Waals surface area contributed by atoms with Crippen LogP contribution in [0.2, 0.25) is 0 Å². The van der Waals surface area contributed by atoms with Gasteiger partial charge in [0.2, 0.25) is 0 Å². The summed E-state index contributed by atoms with van der Waals surface area (Å²) in [4.78, 5) is 25.8. The number of rotatable bonds is 8. The average molecular weight is 462 g/mol. The van der Waals surface area contributed by atoms with Crippen LogP contribution in [0.4, 0.5) is 0 Å². The van der Waals surface area contributed by atoms with Crippen molar-refractivity contribution in [1.82, 2.24) is 10.7 Å². The second-order valence-electron chi connectivity index (χ2n) is 8.34. The summed E-state index contributed by atoms with van der Waals surface area (Å²) < 4.78 is 10.7. The zero-order chi connectivity index (χ0) is 24.5. The third kappa shape index (κ3) is 6.57. The lowest BCUT2D eigenvalue weighted by Gasteiger charge is -2.24. The number of methoxy groups -OCH3 is 2. The Bertz CT molecular complexity index is 1110. The summed E-state index contributed by atoms with van der Waals surface area (Å²) >= 11 is 0. The van der Waals surface area contributed by atoms with Crippen LogP contribution in [0.5, 0.6) is 11.5 Å². The molecule has 0 aromatic heterocycles. The fraction of sp³-hybridized carbons (Fsp3) is 0.296. The maximum atomic E-state index is 13.0. The third-order valence-corrected chi connectivity index (χ3v) is 5.81. The number of nitrogens with one attached hydrogen (secondary N) is 2. The molecule has 2 amide bonds. The summed E-state index contributed by atoms with van der Waals surface area (Å²) in [6.45, 7) is 4.31. The Morgan fingerprint density at radius 2 is 1.85 bits per heavy atom. The first-order chi connectivity index (χ1) is 16.4. The number of hydrogen-bond donors (Lipinski definition) is 2. The standard InChI is InChI=1S/C27H31N3O4/c1-18-10-11-22(19(2)14-18)17-28-30-27(32)24(29-26(31)20-8-6-5-7-9-20)15-21-12-13-23(33-3)16-25(21)34-4/h5-10,12-13,15-17,19,22H,11,14H2,1-4H3,(H,29,31)(H,30,32). The average Bonchev–Trinajstić information content (AvgIpc) is 2.85. The first-order valence-electron chi connectivity index (χ1n) is 11.2.